The van der Waals surface area contributed by atoms with E-state index in [1.807, 2.05) is 0 Å². The number of ether oxygens (including phenoxy) is 1. The van der Waals surface area contributed by atoms with E-state index in [0.29, 0.717) is 29.9 Å². The Kier molecular flexibility index (Phi) is 13.2. The lowest BCUT2D eigenvalue weighted by Crippen LogP contribution is -2.28. The van der Waals surface area contributed by atoms with Gasteiger partial charge in [-0.15, -0.1) is 0 Å². The fourth-order valence-electron chi connectivity index (χ4n) is 7.82. The summed E-state index contributed by atoms with van der Waals surface area (Å²) >= 11 is 0. The first-order chi connectivity index (χ1) is 20.5. The maximum atomic E-state index is 11.6. The number of aliphatic hydroxyl groups is 1. The van der Waals surface area contributed by atoms with E-state index >= 15 is 0 Å². The van der Waals surface area contributed by atoms with E-state index in [-0.39, 0.29) is 12.6 Å². The molecule has 3 nitrogen and oxygen atoms in total. The number of esters is 1. The molecule has 42 heavy (non-hydrogen) atoms. The van der Waals surface area contributed by atoms with Crippen molar-refractivity contribution in [3.8, 4) is 11.1 Å². The van der Waals surface area contributed by atoms with Gasteiger partial charge in [0, 0.05) is 12.2 Å². The molecule has 2 fully saturated rings. The van der Waals surface area contributed by atoms with Gasteiger partial charge in [-0.05, 0) is 142 Å². The lowest BCUT2D eigenvalue weighted by Gasteiger charge is -2.40. The van der Waals surface area contributed by atoms with Crippen LogP contribution in [0.3, 0.4) is 0 Å². The van der Waals surface area contributed by atoms with Gasteiger partial charge in [-0.3, -0.25) is 0 Å². The molecule has 2 aromatic carbocycles. The third-order valence-corrected chi connectivity index (χ3v) is 10.5. The van der Waals surface area contributed by atoms with E-state index in [9.17, 15) is 9.90 Å². The van der Waals surface area contributed by atoms with Crippen LogP contribution in [-0.4, -0.2) is 24.3 Å². The summed E-state index contributed by atoms with van der Waals surface area (Å²) < 4.78 is 5.30. The molecule has 0 aliphatic heterocycles. The molecule has 1 unspecified atom stereocenters. The molecule has 230 valence electrons. The summed E-state index contributed by atoms with van der Waals surface area (Å²) in [6.45, 7) is 8.32. The Morgan fingerprint density at radius 2 is 1.43 bits per heavy atom. The minimum absolute atomic E-state index is 0.256. The van der Waals surface area contributed by atoms with E-state index in [1.54, 1.807) is 6.92 Å². The molecule has 3 heteroatoms. The molecule has 0 saturated heterocycles. The molecule has 4 rings (SSSR count). The molecule has 0 aromatic heterocycles. The molecular weight excluding hydrogens is 516 g/mol. The SMILES string of the molecule is C=C(C)C(=O)OCCCC(CCO)C1CCC(C2CCC(c3ccc(-c4ccc(CCCCC)cc4)cc3)CC2)CC1. The second-order valence-corrected chi connectivity index (χ2v) is 13.4. The van der Waals surface area contributed by atoms with Crippen LogP contribution in [0, 0.1) is 23.7 Å². The molecule has 0 bridgehead atoms. The van der Waals surface area contributed by atoms with E-state index in [1.165, 1.54) is 99.3 Å². The summed E-state index contributed by atoms with van der Waals surface area (Å²) in [6, 6.07) is 18.7. The van der Waals surface area contributed by atoms with Crippen molar-refractivity contribution in [1.29, 1.82) is 0 Å². The summed E-state index contributed by atoms with van der Waals surface area (Å²) in [5.41, 5.74) is 6.10. The average molecular weight is 573 g/mol. The van der Waals surface area contributed by atoms with Gasteiger partial charge in [-0.2, -0.15) is 0 Å². The minimum atomic E-state index is -0.292. The van der Waals surface area contributed by atoms with Gasteiger partial charge in [0.05, 0.1) is 6.61 Å². The molecule has 0 amide bonds. The van der Waals surface area contributed by atoms with Crippen LogP contribution >= 0.6 is 0 Å². The van der Waals surface area contributed by atoms with Crippen LogP contribution in [0.5, 0.6) is 0 Å². The first-order valence-corrected chi connectivity index (χ1v) is 17.1. The highest BCUT2D eigenvalue weighted by Gasteiger charge is 2.33. The van der Waals surface area contributed by atoms with Crippen molar-refractivity contribution in [2.75, 3.05) is 13.2 Å². The van der Waals surface area contributed by atoms with Gasteiger partial charge in [0.25, 0.3) is 0 Å². The van der Waals surface area contributed by atoms with Crippen LogP contribution in [0.25, 0.3) is 11.1 Å². The summed E-state index contributed by atoms with van der Waals surface area (Å²) in [6.07, 6.45) is 18.5. The largest absolute Gasteiger partial charge is 0.462 e. The average Bonchev–Trinajstić information content (AvgIpc) is 3.03. The number of hydrogen-bond donors (Lipinski definition) is 1. The van der Waals surface area contributed by atoms with E-state index in [4.69, 9.17) is 4.74 Å². The number of aliphatic hydroxyl groups excluding tert-OH is 1. The number of unbranched alkanes of at least 4 members (excludes halogenated alkanes) is 2. The Morgan fingerprint density at radius 1 is 0.833 bits per heavy atom. The molecule has 2 aliphatic carbocycles. The maximum absolute atomic E-state index is 11.6. The Morgan fingerprint density at radius 3 is 2.00 bits per heavy atom. The van der Waals surface area contributed by atoms with E-state index < -0.39 is 0 Å². The predicted molar refractivity (Wildman–Crippen MR) is 175 cm³/mol. The van der Waals surface area contributed by atoms with Gasteiger partial charge in [0.1, 0.15) is 0 Å². The van der Waals surface area contributed by atoms with Crippen LogP contribution < -0.4 is 0 Å². The minimum Gasteiger partial charge on any atom is -0.462 e. The molecule has 0 spiro atoms. The standard InChI is InChI=1S/C39H56O3/c1-4-5-6-8-30-10-12-32(13-11-30)34-18-20-36(21-19-34)38-24-22-37(23-25-38)35-16-14-33(15-17-35)31(26-27-40)9-7-28-42-39(41)29(2)3/h10-13,18-21,31,33,35,37-38,40H,2,4-9,14-17,22-28H2,1,3H3. The Labute approximate surface area is 256 Å². The van der Waals surface area contributed by atoms with Crippen LogP contribution in [0.2, 0.25) is 0 Å². The first-order valence-electron chi connectivity index (χ1n) is 17.1. The summed E-state index contributed by atoms with van der Waals surface area (Å²) in [5.74, 6) is 3.43. The Balaban J connectivity index is 1.19. The first kappa shape index (κ1) is 32.5. The highest BCUT2D eigenvalue weighted by Crippen LogP contribution is 2.46. The van der Waals surface area contributed by atoms with Crippen LogP contribution in [0.15, 0.2) is 60.7 Å². The second-order valence-electron chi connectivity index (χ2n) is 13.4. The lowest BCUT2D eigenvalue weighted by molar-refractivity contribution is -0.139. The molecular formula is C39H56O3. The molecule has 2 aromatic rings. The van der Waals surface area contributed by atoms with Crippen LogP contribution in [0.1, 0.15) is 121 Å². The topological polar surface area (TPSA) is 46.5 Å². The highest BCUT2D eigenvalue weighted by molar-refractivity contribution is 5.86. The summed E-state index contributed by atoms with van der Waals surface area (Å²) in [7, 11) is 0. The lowest BCUT2D eigenvalue weighted by atomic mass is 9.66. The normalized spacial score (nSPS) is 23.3. The third kappa shape index (κ3) is 9.56. The van der Waals surface area contributed by atoms with Crippen LogP contribution in [0.4, 0.5) is 0 Å². The molecule has 2 aliphatic rings. The molecule has 0 heterocycles. The van der Waals surface area contributed by atoms with Crippen molar-refractivity contribution < 1.29 is 14.6 Å². The molecule has 0 radical (unpaired) electrons. The second kappa shape index (κ2) is 17.0. The Bertz CT molecular complexity index is 1070. The van der Waals surface area contributed by atoms with Gasteiger partial charge >= 0.3 is 5.97 Å². The van der Waals surface area contributed by atoms with E-state index in [2.05, 4.69) is 62.0 Å². The zero-order valence-corrected chi connectivity index (χ0v) is 26.5. The van der Waals surface area contributed by atoms with Crippen molar-refractivity contribution >= 4 is 5.97 Å². The zero-order chi connectivity index (χ0) is 29.7. The fraction of sp³-hybridized carbons (Fsp3) is 0.615. The number of carbonyl (C=O) groups excluding carboxylic acids is 1. The number of benzene rings is 2. The smallest absolute Gasteiger partial charge is 0.333 e. The maximum Gasteiger partial charge on any atom is 0.333 e. The van der Waals surface area contributed by atoms with Gasteiger partial charge in [0.2, 0.25) is 0 Å². The van der Waals surface area contributed by atoms with Crippen LogP contribution in [-0.2, 0) is 16.0 Å². The summed E-state index contributed by atoms with van der Waals surface area (Å²) in [4.78, 5) is 11.6. The van der Waals surface area contributed by atoms with Crippen molar-refractivity contribution in [2.24, 2.45) is 23.7 Å². The quantitative estimate of drug-likeness (QED) is 0.131. The van der Waals surface area contributed by atoms with Gasteiger partial charge in [-0.25, -0.2) is 4.79 Å². The number of rotatable bonds is 15. The van der Waals surface area contributed by atoms with Gasteiger partial charge in [0.15, 0.2) is 0 Å². The van der Waals surface area contributed by atoms with Crippen molar-refractivity contribution in [3.63, 3.8) is 0 Å². The number of carbonyl (C=O) groups is 1. The number of aryl methyl sites for hydroxylation is 1. The van der Waals surface area contributed by atoms with Crippen molar-refractivity contribution in [1.82, 2.24) is 0 Å². The number of hydrogen-bond acceptors (Lipinski definition) is 3. The van der Waals surface area contributed by atoms with Gasteiger partial charge < -0.3 is 9.84 Å². The van der Waals surface area contributed by atoms with Gasteiger partial charge in [-0.1, -0.05) is 74.9 Å². The molecule has 2 saturated carbocycles. The Hall–Kier alpha value is -2.39. The highest BCUT2D eigenvalue weighted by atomic mass is 16.5. The van der Waals surface area contributed by atoms with Crippen molar-refractivity contribution in [2.45, 2.75) is 116 Å². The van der Waals surface area contributed by atoms with Crippen molar-refractivity contribution in [3.05, 3.63) is 71.8 Å². The fourth-order valence-corrected chi connectivity index (χ4v) is 7.82. The third-order valence-electron chi connectivity index (χ3n) is 10.5. The summed E-state index contributed by atoms with van der Waals surface area (Å²) in [5, 5.41) is 9.68. The predicted octanol–water partition coefficient (Wildman–Crippen LogP) is 10.1. The monoisotopic (exact) mass is 572 g/mol. The molecule has 1 atom stereocenters. The van der Waals surface area contributed by atoms with E-state index in [0.717, 1.165) is 31.1 Å². The molecule has 1 N–H and O–H groups in total. The zero-order valence-electron chi connectivity index (χ0n) is 26.5.